The average molecular weight is 271 g/mol. The number of rotatable bonds is 4. The molecule has 4 saturated carbocycles. The van der Waals surface area contributed by atoms with E-state index in [1.165, 1.54) is 38.5 Å². The molecule has 0 unspecified atom stereocenters. The topological polar surface area (TPSA) is 38.3 Å². The maximum Gasteiger partial charge on any atom is 0.211 e. The Bertz CT molecular complexity index is 473. The summed E-state index contributed by atoms with van der Waals surface area (Å²) in [7, 11) is 0. The number of amides is 1. The maximum atomic E-state index is 10.4. The van der Waals surface area contributed by atoms with Crippen LogP contribution in [-0.2, 0) is 4.79 Å². The zero-order valence-corrected chi connectivity index (χ0v) is 11.7. The molecule has 1 aromatic carbocycles. The van der Waals surface area contributed by atoms with Gasteiger partial charge in [0.05, 0.1) is 0 Å². The molecule has 1 aromatic rings. The van der Waals surface area contributed by atoms with Gasteiger partial charge >= 0.3 is 0 Å². The summed E-state index contributed by atoms with van der Waals surface area (Å²) >= 11 is 0. The normalized spacial score (nSPS) is 37.7. The minimum atomic E-state index is 0.106. The van der Waals surface area contributed by atoms with E-state index in [1.54, 1.807) is 0 Å². The summed E-state index contributed by atoms with van der Waals surface area (Å²) in [4.78, 5) is 10.4. The fourth-order valence-electron chi connectivity index (χ4n) is 5.09. The van der Waals surface area contributed by atoms with E-state index in [0.717, 1.165) is 29.2 Å². The molecule has 1 amide bonds. The Morgan fingerprint density at radius 2 is 1.55 bits per heavy atom. The SMILES string of the molecule is O=CNc1ccc(OC23CC4CC(CC(C4)C2)C3)cc1. The molecule has 4 bridgehead atoms. The average Bonchev–Trinajstić information content (AvgIpc) is 2.39. The summed E-state index contributed by atoms with van der Waals surface area (Å²) in [5.74, 6) is 3.65. The fourth-order valence-corrected chi connectivity index (χ4v) is 5.09. The van der Waals surface area contributed by atoms with E-state index in [-0.39, 0.29) is 5.60 Å². The summed E-state index contributed by atoms with van der Waals surface area (Å²) in [6.45, 7) is 0. The van der Waals surface area contributed by atoms with E-state index in [2.05, 4.69) is 5.32 Å². The molecule has 3 heteroatoms. The van der Waals surface area contributed by atoms with Crippen molar-refractivity contribution < 1.29 is 9.53 Å². The first-order chi connectivity index (χ1) is 9.75. The molecule has 4 aliphatic rings. The van der Waals surface area contributed by atoms with Gasteiger partial charge in [0.15, 0.2) is 0 Å². The van der Waals surface area contributed by atoms with Crippen molar-refractivity contribution in [3.05, 3.63) is 24.3 Å². The van der Waals surface area contributed by atoms with Crippen molar-refractivity contribution in [1.29, 1.82) is 0 Å². The predicted octanol–water partition coefficient (Wildman–Crippen LogP) is 3.60. The summed E-state index contributed by atoms with van der Waals surface area (Å²) in [6.07, 6.45) is 8.74. The van der Waals surface area contributed by atoms with E-state index in [0.29, 0.717) is 6.41 Å². The Labute approximate surface area is 119 Å². The highest BCUT2D eigenvalue weighted by Crippen LogP contribution is 2.57. The number of hydrogen-bond acceptors (Lipinski definition) is 2. The zero-order chi connectivity index (χ0) is 13.6. The lowest BCUT2D eigenvalue weighted by Gasteiger charge is -2.56. The Balaban J connectivity index is 1.52. The third kappa shape index (κ3) is 2.09. The van der Waals surface area contributed by atoms with E-state index < -0.39 is 0 Å². The number of ether oxygens (including phenoxy) is 1. The third-order valence-corrected chi connectivity index (χ3v) is 5.40. The van der Waals surface area contributed by atoms with Crippen molar-refractivity contribution in [2.45, 2.75) is 44.1 Å². The summed E-state index contributed by atoms with van der Waals surface area (Å²) in [5, 5.41) is 2.66. The molecule has 0 heterocycles. The third-order valence-electron chi connectivity index (χ3n) is 5.40. The quantitative estimate of drug-likeness (QED) is 0.850. The Morgan fingerprint density at radius 3 is 2.05 bits per heavy atom. The number of anilines is 1. The first-order valence-electron chi connectivity index (χ1n) is 7.74. The summed E-state index contributed by atoms with van der Waals surface area (Å²) < 4.78 is 6.43. The van der Waals surface area contributed by atoms with Gasteiger partial charge in [-0.1, -0.05) is 0 Å². The molecule has 1 N–H and O–H groups in total. The first kappa shape index (κ1) is 12.2. The van der Waals surface area contributed by atoms with Crippen LogP contribution in [0.2, 0.25) is 0 Å². The number of carbonyl (C=O) groups is 1. The van der Waals surface area contributed by atoms with Crippen LogP contribution in [0, 0.1) is 17.8 Å². The molecule has 4 aliphatic carbocycles. The van der Waals surface area contributed by atoms with Gasteiger partial charge in [-0.05, 0) is 80.5 Å². The van der Waals surface area contributed by atoms with Gasteiger partial charge in [-0.25, -0.2) is 0 Å². The second-order valence-corrected chi connectivity index (χ2v) is 6.99. The lowest BCUT2D eigenvalue weighted by Crippen LogP contribution is -2.53. The molecule has 3 nitrogen and oxygen atoms in total. The lowest BCUT2D eigenvalue weighted by atomic mass is 9.54. The summed E-state index contributed by atoms with van der Waals surface area (Å²) in [5.41, 5.74) is 0.923. The van der Waals surface area contributed by atoms with E-state index in [4.69, 9.17) is 4.74 Å². The van der Waals surface area contributed by atoms with E-state index in [1.807, 2.05) is 24.3 Å². The highest BCUT2D eigenvalue weighted by molar-refractivity contribution is 5.71. The lowest BCUT2D eigenvalue weighted by molar-refractivity contribution is -0.107. The molecule has 0 spiro atoms. The Kier molecular flexibility index (Phi) is 2.76. The highest BCUT2D eigenvalue weighted by Gasteiger charge is 2.52. The van der Waals surface area contributed by atoms with E-state index in [9.17, 15) is 4.79 Å². The Morgan fingerprint density at radius 1 is 1.00 bits per heavy atom. The second-order valence-electron chi connectivity index (χ2n) is 6.99. The number of nitrogens with one attached hydrogen (secondary N) is 1. The molecule has 0 aliphatic heterocycles. The van der Waals surface area contributed by atoms with Crippen molar-refractivity contribution in [1.82, 2.24) is 0 Å². The van der Waals surface area contributed by atoms with Gasteiger partial charge in [0, 0.05) is 5.69 Å². The molecule has 0 atom stereocenters. The predicted molar refractivity (Wildman–Crippen MR) is 77.7 cm³/mol. The maximum absolute atomic E-state index is 10.4. The van der Waals surface area contributed by atoms with Gasteiger partial charge in [-0.3, -0.25) is 4.79 Å². The largest absolute Gasteiger partial charge is 0.487 e. The van der Waals surface area contributed by atoms with Crippen molar-refractivity contribution in [3.8, 4) is 5.75 Å². The minimum Gasteiger partial charge on any atom is -0.487 e. The van der Waals surface area contributed by atoms with Gasteiger partial charge in [-0.2, -0.15) is 0 Å². The number of hydrogen-bond donors (Lipinski definition) is 1. The van der Waals surface area contributed by atoms with Gasteiger partial charge in [0.2, 0.25) is 6.41 Å². The Hall–Kier alpha value is -1.51. The second kappa shape index (κ2) is 4.51. The molecule has 20 heavy (non-hydrogen) atoms. The summed E-state index contributed by atoms with van der Waals surface area (Å²) in [6, 6.07) is 7.77. The highest BCUT2D eigenvalue weighted by atomic mass is 16.5. The van der Waals surface area contributed by atoms with Gasteiger partial charge < -0.3 is 10.1 Å². The van der Waals surface area contributed by atoms with Crippen molar-refractivity contribution >= 4 is 12.1 Å². The molecular formula is C17H21NO2. The zero-order valence-electron chi connectivity index (χ0n) is 11.7. The van der Waals surface area contributed by atoms with Crippen molar-refractivity contribution in [2.24, 2.45) is 17.8 Å². The van der Waals surface area contributed by atoms with Crippen LogP contribution in [0.4, 0.5) is 5.69 Å². The minimum absolute atomic E-state index is 0.106. The first-order valence-corrected chi connectivity index (χ1v) is 7.74. The van der Waals surface area contributed by atoms with Crippen LogP contribution in [0.3, 0.4) is 0 Å². The van der Waals surface area contributed by atoms with Crippen LogP contribution in [0.25, 0.3) is 0 Å². The van der Waals surface area contributed by atoms with Crippen LogP contribution in [-0.4, -0.2) is 12.0 Å². The molecule has 106 valence electrons. The van der Waals surface area contributed by atoms with Crippen LogP contribution in [0.1, 0.15) is 38.5 Å². The molecule has 4 fully saturated rings. The van der Waals surface area contributed by atoms with E-state index >= 15 is 0 Å². The standard InChI is InChI=1S/C17H21NO2/c19-11-18-15-1-3-16(4-2-15)20-17-8-12-5-13(9-17)7-14(6-12)10-17/h1-4,11-14H,5-10H2,(H,18,19). The van der Waals surface area contributed by atoms with Crippen LogP contribution in [0.15, 0.2) is 24.3 Å². The number of carbonyl (C=O) groups excluding carboxylic acids is 1. The van der Waals surface area contributed by atoms with Crippen molar-refractivity contribution in [2.75, 3.05) is 5.32 Å². The molecule has 0 saturated heterocycles. The van der Waals surface area contributed by atoms with Gasteiger partial charge in [-0.15, -0.1) is 0 Å². The van der Waals surface area contributed by atoms with Crippen LogP contribution < -0.4 is 10.1 Å². The number of benzene rings is 1. The van der Waals surface area contributed by atoms with Crippen molar-refractivity contribution in [3.63, 3.8) is 0 Å². The molecule has 0 aromatic heterocycles. The van der Waals surface area contributed by atoms with Gasteiger partial charge in [0.25, 0.3) is 0 Å². The van der Waals surface area contributed by atoms with Crippen LogP contribution in [0.5, 0.6) is 5.75 Å². The monoisotopic (exact) mass is 271 g/mol. The molecule has 0 radical (unpaired) electrons. The fraction of sp³-hybridized carbons (Fsp3) is 0.588. The van der Waals surface area contributed by atoms with Crippen LogP contribution >= 0.6 is 0 Å². The molecular weight excluding hydrogens is 250 g/mol. The molecule has 5 rings (SSSR count). The smallest absolute Gasteiger partial charge is 0.211 e. The van der Waals surface area contributed by atoms with Gasteiger partial charge in [0.1, 0.15) is 11.4 Å².